The van der Waals surface area contributed by atoms with E-state index in [9.17, 15) is 0 Å². The quantitative estimate of drug-likeness (QED) is 0.742. The Hall–Kier alpha value is -1.94. The van der Waals surface area contributed by atoms with Crippen LogP contribution < -0.4 is 0 Å². The van der Waals surface area contributed by atoms with Crippen LogP contribution >= 0.6 is 15.9 Å². The zero-order chi connectivity index (χ0) is 13.1. The number of hydrogen-bond acceptors (Lipinski definition) is 2. The molecule has 3 aromatic rings. The lowest BCUT2D eigenvalue weighted by molar-refractivity contribution is 1.10. The highest BCUT2D eigenvalue weighted by Gasteiger charge is 2.10. The molecule has 94 valence electrons. The van der Waals surface area contributed by atoms with E-state index < -0.39 is 0 Å². The van der Waals surface area contributed by atoms with Crippen molar-refractivity contribution in [2.45, 2.75) is 5.33 Å². The SMILES string of the molecule is BrCc1ccccc1-c1nc(-c2ccccc2)n[nH]1. The fourth-order valence-corrected chi connectivity index (χ4v) is 2.46. The molecule has 0 aliphatic rings. The molecule has 0 fully saturated rings. The van der Waals surface area contributed by atoms with E-state index in [4.69, 9.17) is 0 Å². The number of hydrogen-bond donors (Lipinski definition) is 1. The minimum atomic E-state index is 0.722. The summed E-state index contributed by atoms with van der Waals surface area (Å²) in [7, 11) is 0. The normalized spacial score (nSPS) is 10.6. The van der Waals surface area contributed by atoms with Gasteiger partial charge in [0.1, 0.15) is 0 Å². The molecule has 0 spiro atoms. The zero-order valence-corrected chi connectivity index (χ0v) is 11.8. The number of H-pyrrole nitrogens is 1. The Balaban J connectivity index is 2.02. The minimum absolute atomic E-state index is 0.722. The number of nitrogens with one attached hydrogen (secondary N) is 1. The highest BCUT2D eigenvalue weighted by Crippen LogP contribution is 2.24. The van der Waals surface area contributed by atoms with Crippen LogP contribution in [-0.2, 0) is 5.33 Å². The standard InChI is InChI=1S/C15H12BrN3/c16-10-12-8-4-5-9-13(12)15-17-14(18-19-15)11-6-2-1-3-7-11/h1-9H,10H2,(H,17,18,19). The van der Waals surface area contributed by atoms with Gasteiger partial charge in [-0.25, -0.2) is 4.98 Å². The van der Waals surface area contributed by atoms with Crippen LogP contribution in [0.25, 0.3) is 22.8 Å². The van der Waals surface area contributed by atoms with E-state index in [1.165, 1.54) is 5.56 Å². The van der Waals surface area contributed by atoms with Crippen LogP contribution in [0.15, 0.2) is 54.6 Å². The Bertz CT molecular complexity index is 677. The number of aromatic amines is 1. The van der Waals surface area contributed by atoms with Crippen molar-refractivity contribution in [2.24, 2.45) is 0 Å². The highest BCUT2D eigenvalue weighted by molar-refractivity contribution is 9.08. The fraction of sp³-hybridized carbons (Fsp3) is 0.0667. The topological polar surface area (TPSA) is 41.6 Å². The molecule has 0 aliphatic heterocycles. The second kappa shape index (κ2) is 5.36. The third-order valence-electron chi connectivity index (χ3n) is 2.93. The van der Waals surface area contributed by atoms with Gasteiger partial charge in [0.2, 0.25) is 0 Å². The largest absolute Gasteiger partial charge is 0.259 e. The summed E-state index contributed by atoms with van der Waals surface area (Å²) in [5, 5.41) is 8.10. The molecule has 0 saturated carbocycles. The summed E-state index contributed by atoms with van der Waals surface area (Å²) in [6.07, 6.45) is 0. The molecule has 0 radical (unpaired) electrons. The third-order valence-corrected chi connectivity index (χ3v) is 3.54. The Morgan fingerprint density at radius 2 is 1.68 bits per heavy atom. The van der Waals surface area contributed by atoms with Crippen LogP contribution in [0.1, 0.15) is 5.56 Å². The number of aromatic nitrogens is 3. The predicted molar refractivity (Wildman–Crippen MR) is 79.9 cm³/mol. The Kier molecular flexibility index (Phi) is 3.42. The lowest BCUT2D eigenvalue weighted by atomic mass is 10.1. The molecule has 0 amide bonds. The number of benzene rings is 2. The molecule has 1 heterocycles. The molecule has 2 aromatic carbocycles. The van der Waals surface area contributed by atoms with Crippen LogP contribution in [0.5, 0.6) is 0 Å². The van der Waals surface area contributed by atoms with E-state index in [1.807, 2.05) is 48.5 Å². The minimum Gasteiger partial charge on any atom is -0.259 e. The maximum atomic E-state index is 4.57. The molecule has 1 aromatic heterocycles. The van der Waals surface area contributed by atoms with Crippen LogP contribution in [0, 0.1) is 0 Å². The number of rotatable bonds is 3. The third kappa shape index (κ3) is 2.44. The summed E-state index contributed by atoms with van der Waals surface area (Å²) in [5.41, 5.74) is 3.29. The first-order valence-electron chi connectivity index (χ1n) is 6.00. The molecule has 3 nitrogen and oxygen atoms in total. The number of alkyl halides is 1. The second-order valence-corrected chi connectivity index (χ2v) is 4.73. The van der Waals surface area contributed by atoms with Crippen molar-refractivity contribution in [3.05, 3.63) is 60.2 Å². The van der Waals surface area contributed by atoms with E-state index in [0.29, 0.717) is 0 Å². The number of nitrogens with zero attached hydrogens (tertiary/aromatic N) is 2. The van der Waals surface area contributed by atoms with Gasteiger partial charge in [0.15, 0.2) is 11.6 Å². The molecular weight excluding hydrogens is 302 g/mol. The fourth-order valence-electron chi connectivity index (χ4n) is 1.97. The van der Waals surface area contributed by atoms with Gasteiger partial charge in [-0.3, -0.25) is 5.10 Å². The van der Waals surface area contributed by atoms with Crippen molar-refractivity contribution in [3.8, 4) is 22.8 Å². The molecular formula is C15H12BrN3. The molecule has 0 saturated heterocycles. The lowest BCUT2D eigenvalue weighted by Crippen LogP contribution is -1.87. The monoisotopic (exact) mass is 313 g/mol. The van der Waals surface area contributed by atoms with Crippen molar-refractivity contribution in [2.75, 3.05) is 0 Å². The molecule has 19 heavy (non-hydrogen) atoms. The van der Waals surface area contributed by atoms with E-state index >= 15 is 0 Å². The first-order chi connectivity index (χ1) is 9.38. The summed E-state index contributed by atoms with van der Waals surface area (Å²) < 4.78 is 0. The van der Waals surface area contributed by atoms with Gasteiger partial charge >= 0.3 is 0 Å². The average molecular weight is 314 g/mol. The smallest absolute Gasteiger partial charge is 0.181 e. The molecule has 1 N–H and O–H groups in total. The van der Waals surface area contributed by atoms with E-state index in [1.54, 1.807) is 0 Å². The van der Waals surface area contributed by atoms with E-state index in [-0.39, 0.29) is 0 Å². The van der Waals surface area contributed by atoms with E-state index in [2.05, 4.69) is 37.2 Å². The van der Waals surface area contributed by atoms with Gasteiger partial charge in [-0.15, -0.1) is 0 Å². The first-order valence-corrected chi connectivity index (χ1v) is 7.12. The van der Waals surface area contributed by atoms with Crippen LogP contribution in [0.3, 0.4) is 0 Å². The Labute approximate surface area is 119 Å². The summed E-state index contributed by atoms with van der Waals surface area (Å²) in [5.74, 6) is 1.52. The maximum Gasteiger partial charge on any atom is 0.181 e. The Morgan fingerprint density at radius 1 is 0.947 bits per heavy atom. The summed E-state index contributed by atoms with van der Waals surface area (Å²) in [4.78, 5) is 4.57. The highest BCUT2D eigenvalue weighted by atomic mass is 79.9. The molecule has 3 rings (SSSR count). The Morgan fingerprint density at radius 3 is 2.47 bits per heavy atom. The van der Waals surface area contributed by atoms with Crippen molar-refractivity contribution < 1.29 is 0 Å². The molecule has 0 unspecified atom stereocenters. The average Bonchev–Trinajstić information content (AvgIpc) is 2.98. The van der Waals surface area contributed by atoms with Crippen LogP contribution in [-0.4, -0.2) is 15.2 Å². The van der Waals surface area contributed by atoms with Gasteiger partial charge in [-0.05, 0) is 5.56 Å². The van der Waals surface area contributed by atoms with Crippen LogP contribution in [0.4, 0.5) is 0 Å². The summed E-state index contributed by atoms with van der Waals surface area (Å²) in [6.45, 7) is 0. The molecule has 4 heteroatoms. The van der Waals surface area contributed by atoms with Crippen molar-refractivity contribution in [1.82, 2.24) is 15.2 Å². The van der Waals surface area contributed by atoms with Crippen molar-refractivity contribution >= 4 is 15.9 Å². The predicted octanol–water partition coefficient (Wildman–Crippen LogP) is 4.03. The first kappa shape index (κ1) is 12.1. The van der Waals surface area contributed by atoms with Gasteiger partial charge in [0.05, 0.1) is 0 Å². The molecule has 0 bridgehead atoms. The molecule has 0 aliphatic carbocycles. The summed E-state index contributed by atoms with van der Waals surface area (Å²) >= 11 is 3.50. The maximum absolute atomic E-state index is 4.57. The van der Waals surface area contributed by atoms with Gasteiger partial charge in [0, 0.05) is 16.5 Å². The second-order valence-electron chi connectivity index (χ2n) is 4.16. The van der Waals surface area contributed by atoms with Gasteiger partial charge in [0.25, 0.3) is 0 Å². The molecule has 0 atom stereocenters. The lowest BCUT2D eigenvalue weighted by Gasteiger charge is -2.02. The van der Waals surface area contributed by atoms with Crippen molar-refractivity contribution in [1.29, 1.82) is 0 Å². The zero-order valence-electron chi connectivity index (χ0n) is 10.2. The summed E-state index contributed by atoms with van der Waals surface area (Å²) in [6, 6.07) is 18.1. The van der Waals surface area contributed by atoms with Gasteiger partial charge in [-0.1, -0.05) is 70.5 Å². The number of halogens is 1. The van der Waals surface area contributed by atoms with Gasteiger partial charge < -0.3 is 0 Å². The van der Waals surface area contributed by atoms with E-state index in [0.717, 1.165) is 28.1 Å². The van der Waals surface area contributed by atoms with Gasteiger partial charge in [-0.2, -0.15) is 5.10 Å². The van der Waals surface area contributed by atoms with Crippen molar-refractivity contribution in [3.63, 3.8) is 0 Å². The van der Waals surface area contributed by atoms with Crippen LogP contribution in [0.2, 0.25) is 0 Å².